The molecule has 1 aromatic rings. The third-order valence-corrected chi connectivity index (χ3v) is 3.56. The first-order valence-corrected chi connectivity index (χ1v) is 6.89. The van der Waals surface area contributed by atoms with Crippen molar-refractivity contribution in [2.45, 2.75) is 38.6 Å². The highest BCUT2D eigenvalue weighted by Gasteiger charge is 2.31. The van der Waals surface area contributed by atoms with Gasteiger partial charge in [-0.2, -0.15) is 0 Å². The Kier molecular flexibility index (Phi) is 4.77. The lowest BCUT2D eigenvalue weighted by atomic mass is 9.98. The molecule has 0 amide bonds. The van der Waals surface area contributed by atoms with Crippen LogP contribution in [-0.2, 0) is 9.53 Å². The molecule has 0 bridgehead atoms. The van der Waals surface area contributed by atoms with Crippen molar-refractivity contribution in [3.8, 4) is 0 Å². The van der Waals surface area contributed by atoms with Crippen LogP contribution in [0.2, 0.25) is 0 Å². The number of carbonyl (C=O) groups is 1. The van der Waals surface area contributed by atoms with Gasteiger partial charge in [0.15, 0.2) is 0 Å². The zero-order valence-electron chi connectivity index (χ0n) is 11.2. The third-order valence-electron chi connectivity index (χ3n) is 3.56. The van der Waals surface area contributed by atoms with Gasteiger partial charge >= 0.3 is 5.97 Å². The van der Waals surface area contributed by atoms with Gasteiger partial charge in [0.2, 0.25) is 0 Å². The van der Waals surface area contributed by atoms with Crippen LogP contribution in [0.1, 0.15) is 32.6 Å². The van der Waals surface area contributed by atoms with Crippen molar-refractivity contribution in [1.29, 1.82) is 0 Å². The summed E-state index contributed by atoms with van der Waals surface area (Å²) in [4.78, 5) is 12.0. The number of benzene rings is 1. The standard InChI is InChI=1S/C15H20FNO2/c1-2-19-15(18)14(11-6-3-4-7-11)17-13-9-5-8-12(16)10-13/h5,8-11,14,17H,2-4,6-7H2,1H3. The van der Waals surface area contributed by atoms with Crippen LogP contribution in [0.3, 0.4) is 0 Å². The zero-order chi connectivity index (χ0) is 13.7. The van der Waals surface area contributed by atoms with Crippen molar-refractivity contribution >= 4 is 11.7 Å². The number of esters is 1. The van der Waals surface area contributed by atoms with Gasteiger partial charge in [-0.3, -0.25) is 0 Å². The molecular weight excluding hydrogens is 245 g/mol. The van der Waals surface area contributed by atoms with Crippen LogP contribution >= 0.6 is 0 Å². The summed E-state index contributed by atoms with van der Waals surface area (Å²) in [5.41, 5.74) is 0.630. The molecule has 1 saturated carbocycles. The van der Waals surface area contributed by atoms with Gasteiger partial charge in [0.05, 0.1) is 6.61 Å². The maximum atomic E-state index is 13.2. The fourth-order valence-corrected chi connectivity index (χ4v) is 2.65. The van der Waals surface area contributed by atoms with Crippen LogP contribution in [0.15, 0.2) is 24.3 Å². The van der Waals surface area contributed by atoms with Crippen LogP contribution in [0.25, 0.3) is 0 Å². The van der Waals surface area contributed by atoms with E-state index in [-0.39, 0.29) is 23.7 Å². The largest absolute Gasteiger partial charge is 0.464 e. The Hall–Kier alpha value is -1.58. The van der Waals surface area contributed by atoms with Crippen molar-refractivity contribution in [3.05, 3.63) is 30.1 Å². The minimum atomic E-state index is -0.371. The van der Waals surface area contributed by atoms with Crippen molar-refractivity contribution in [1.82, 2.24) is 0 Å². The van der Waals surface area contributed by atoms with E-state index in [1.807, 2.05) is 0 Å². The minimum Gasteiger partial charge on any atom is -0.464 e. The van der Waals surface area contributed by atoms with Gasteiger partial charge in [0, 0.05) is 5.69 Å². The molecule has 0 spiro atoms. The summed E-state index contributed by atoms with van der Waals surface area (Å²) < 4.78 is 18.3. The molecule has 3 nitrogen and oxygen atoms in total. The normalized spacial score (nSPS) is 17.2. The molecule has 0 aromatic heterocycles. The molecule has 1 N–H and O–H groups in total. The Morgan fingerprint density at radius 2 is 2.21 bits per heavy atom. The SMILES string of the molecule is CCOC(=O)C(Nc1cccc(F)c1)C1CCCC1. The molecule has 0 radical (unpaired) electrons. The predicted octanol–water partition coefficient (Wildman–Crippen LogP) is 3.36. The number of anilines is 1. The topological polar surface area (TPSA) is 38.3 Å². The number of hydrogen-bond donors (Lipinski definition) is 1. The average Bonchev–Trinajstić information content (AvgIpc) is 2.90. The number of carbonyl (C=O) groups excluding carboxylic acids is 1. The first-order chi connectivity index (χ1) is 9.20. The smallest absolute Gasteiger partial charge is 0.328 e. The van der Waals surface area contributed by atoms with E-state index < -0.39 is 0 Å². The van der Waals surface area contributed by atoms with E-state index in [1.54, 1.807) is 19.1 Å². The predicted molar refractivity (Wildman–Crippen MR) is 72.4 cm³/mol. The van der Waals surface area contributed by atoms with E-state index in [2.05, 4.69) is 5.32 Å². The molecule has 0 saturated heterocycles. The van der Waals surface area contributed by atoms with Crippen molar-refractivity contribution < 1.29 is 13.9 Å². The molecule has 1 unspecified atom stereocenters. The molecule has 4 heteroatoms. The van der Waals surface area contributed by atoms with Gasteiger partial charge < -0.3 is 10.1 Å². The van der Waals surface area contributed by atoms with Crippen molar-refractivity contribution in [2.24, 2.45) is 5.92 Å². The second-order valence-corrected chi connectivity index (χ2v) is 4.93. The van der Waals surface area contributed by atoms with Gasteiger partial charge in [0.1, 0.15) is 11.9 Å². The molecule has 2 rings (SSSR count). The fraction of sp³-hybridized carbons (Fsp3) is 0.533. The maximum Gasteiger partial charge on any atom is 0.328 e. The highest BCUT2D eigenvalue weighted by Crippen LogP contribution is 2.30. The lowest BCUT2D eigenvalue weighted by Gasteiger charge is -2.23. The number of ether oxygens (including phenoxy) is 1. The molecular formula is C15H20FNO2. The monoisotopic (exact) mass is 265 g/mol. The fourth-order valence-electron chi connectivity index (χ4n) is 2.65. The first-order valence-electron chi connectivity index (χ1n) is 6.89. The Morgan fingerprint density at radius 1 is 1.47 bits per heavy atom. The number of halogens is 1. The second kappa shape index (κ2) is 6.55. The summed E-state index contributed by atoms with van der Waals surface area (Å²) in [6.07, 6.45) is 4.33. The molecule has 0 heterocycles. The summed E-state index contributed by atoms with van der Waals surface area (Å²) in [5, 5.41) is 3.13. The van der Waals surface area contributed by atoms with E-state index in [0.29, 0.717) is 12.3 Å². The zero-order valence-corrected chi connectivity index (χ0v) is 11.2. The highest BCUT2D eigenvalue weighted by atomic mass is 19.1. The number of nitrogens with one attached hydrogen (secondary N) is 1. The van der Waals surface area contributed by atoms with Crippen LogP contribution in [0, 0.1) is 11.7 Å². The quantitative estimate of drug-likeness (QED) is 0.830. The highest BCUT2D eigenvalue weighted by molar-refractivity contribution is 5.79. The summed E-state index contributed by atoms with van der Waals surface area (Å²) in [6.45, 7) is 2.17. The lowest BCUT2D eigenvalue weighted by molar-refractivity contribution is -0.145. The van der Waals surface area contributed by atoms with Crippen molar-refractivity contribution in [3.63, 3.8) is 0 Å². The lowest BCUT2D eigenvalue weighted by Crippen LogP contribution is -2.37. The molecule has 1 fully saturated rings. The molecule has 1 aliphatic rings. The number of rotatable bonds is 5. The minimum absolute atomic E-state index is 0.237. The molecule has 0 aliphatic heterocycles. The summed E-state index contributed by atoms with van der Waals surface area (Å²) in [6, 6.07) is 5.82. The Balaban J connectivity index is 2.10. The van der Waals surface area contributed by atoms with Crippen LogP contribution in [0.4, 0.5) is 10.1 Å². The Labute approximate surface area is 113 Å². The van der Waals surface area contributed by atoms with E-state index in [9.17, 15) is 9.18 Å². The third kappa shape index (κ3) is 3.69. The second-order valence-electron chi connectivity index (χ2n) is 4.93. The first kappa shape index (κ1) is 13.8. The van der Waals surface area contributed by atoms with Gasteiger partial charge in [-0.15, -0.1) is 0 Å². The Morgan fingerprint density at radius 3 is 2.84 bits per heavy atom. The van der Waals surface area contributed by atoms with E-state index in [4.69, 9.17) is 4.74 Å². The van der Waals surface area contributed by atoms with Crippen LogP contribution in [0.5, 0.6) is 0 Å². The molecule has 19 heavy (non-hydrogen) atoms. The summed E-state index contributed by atoms with van der Waals surface area (Å²) in [7, 11) is 0. The Bertz CT molecular complexity index is 430. The molecule has 104 valence electrons. The van der Waals surface area contributed by atoms with Gasteiger partial charge in [-0.05, 0) is 43.9 Å². The molecule has 1 aromatic carbocycles. The van der Waals surface area contributed by atoms with Gasteiger partial charge in [-0.25, -0.2) is 9.18 Å². The van der Waals surface area contributed by atoms with E-state index in [0.717, 1.165) is 25.7 Å². The van der Waals surface area contributed by atoms with Gasteiger partial charge in [-0.1, -0.05) is 18.9 Å². The van der Waals surface area contributed by atoms with Crippen LogP contribution in [-0.4, -0.2) is 18.6 Å². The van der Waals surface area contributed by atoms with E-state index in [1.165, 1.54) is 12.1 Å². The number of hydrogen-bond acceptors (Lipinski definition) is 3. The van der Waals surface area contributed by atoms with Crippen molar-refractivity contribution in [2.75, 3.05) is 11.9 Å². The van der Waals surface area contributed by atoms with Gasteiger partial charge in [0.25, 0.3) is 0 Å². The van der Waals surface area contributed by atoms with Crippen LogP contribution < -0.4 is 5.32 Å². The average molecular weight is 265 g/mol. The molecule has 1 aliphatic carbocycles. The van der Waals surface area contributed by atoms with E-state index >= 15 is 0 Å². The maximum absolute atomic E-state index is 13.2. The molecule has 1 atom stereocenters. The summed E-state index contributed by atoms with van der Waals surface area (Å²) in [5.74, 6) is -0.264. The summed E-state index contributed by atoms with van der Waals surface area (Å²) >= 11 is 0.